The van der Waals surface area contributed by atoms with Crippen LogP contribution in [0.2, 0.25) is 0 Å². The Morgan fingerprint density at radius 2 is 2.13 bits per heavy atom. The van der Waals surface area contributed by atoms with Crippen LogP contribution in [-0.4, -0.2) is 29.5 Å². The second-order valence-electron chi connectivity index (χ2n) is 4.41. The van der Waals surface area contributed by atoms with E-state index in [-0.39, 0.29) is 0 Å². The van der Waals surface area contributed by atoms with E-state index >= 15 is 0 Å². The molecule has 1 atom stereocenters. The zero-order valence-electron chi connectivity index (χ0n) is 9.26. The summed E-state index contributed by atoms with van der Waals surface area (Å²) in [7, 11) is 2.16. The Kier molecular flexibility index (Phi) is 3.34. The number of pyridine rings is 1. The molecule has 1 saturated carbocycles. The molecule has 0 aliphatic heterocycles. The summed E-state index contributed by atoms with van der Waals surface area (Å²) >= 11 is 0. The predicted octanol–water partition coefficient (Wildman–Crippen LogP) is 1.25. The zero-order valence-corrected chi connectivity index (χ0v) is 9.26. The van der Waals surface area contributed by atoms with Gasteiger partial charge in [-0.05, 0) is 43.5 Å². The van der Waals surface area contributed by atoms with Gasteiger partial charge in [0.05, 0.1) is 0 Å². The fourth-order valence-corrected chi connectivity index (χ4v) is 2.11. The van der Waals surface area contributed by atoms with E-state index in [2.05, 4.69) is 29.1 Å². The molecule has 1 fully saturated rings. The van der Waals surface area contributed by atoms with Gasteiger partial charge in [-0.15, -0.1) is 0 Å². The minimum atomic E-state index is 0.554. The van der Waals surface area contributed by atoms with Crippen molar-refractivity contribution in [2.45, 2.75) is 25.4 Å². The number of nitrogens with zero attached hydrogens (tertiary/aromatic N) is 2. The van der Waals surface area contributed by atoms with Gasteiger partial charge in [0.15, 0.2) is 0 Å². The van der Waals surface area contributed by atoms with Crippen molar-refractivity contribution in [2.75, 3.05) is 13.6 Å². The summed E-state index contributed by atoms with van der Waals surface area (Å²) in [4.78, 5) is 6.39. The number of aromatic nitrogens is 1. The molecular weight excluding hydrogens is 186 g/mol. The SMILES string of the molecule is CN(Cc1ccncc1)C(CN)C1CC1. The monoisotopic (exact) mass is 205 g/mol. The Balaban J connectivity index is 1.93. The Bertz CT molecular complexity index is 295. The lowest BCUT2D eigenvalue weighted by Crippen LogP contribution is -2.39. The number of hydrogen-bond donors (Lipinski definition) is 1. The maximum absolute atomic E-state index is 5.81. The van der Waals surface area contributed by atoms with Gasteiger partial charge in [0.1, 0.15) is 0 Å². The van der Waals surface area contributed by atoms with E-state index in [4.69, 9.17) is 5.73 Å². The molecule has 0 amide bonds. The zero-order chi connectivity index (χ0) is 10.7. The number of likely N-dealkylation sites (N-methyl/N-ethyl adjacent to an activating group) is 1. The Hall–Kier alpha value is -0.930. The van der Waals surface area contributed by atoms with E-state index in [1.807, 2.05) is 12.4 Å². The molecule has 0 bridgehead atoms. The van der Waals surface area contributed by atoms with Gasteiger partial charge in [-0.3, -0.25) is 9.88 Å². The summed E-state index contributed by atoms with van der Waals surface area (Å²) in [5.41, 5.74) is 7.13. The van der Waals surface area contributed by atoms with Crippen molar-refractivity contribution in [3.8, 4) is 0 Å². The van der Waals surface area contributed by atoms with Gasteiger partial charge in [0, 0.05) is 31.5 Å². The number of nitrogens with two attached hydrogens (primary N) is 1. The minimum absolute atomic E-state index is 0.554. The van der Waals surface area contributed by atoms with Crippen LogP contribution in [0.4, 0.5) is 0 Å². The molecule has 0 spiro atoms. The van der Waals surface area contributed by atoms with Crippen LogP contribution in [0.15, 0.2) is 24.5 Å². The standard InChI is InChI=1S/C12H19N3/c1-15(12(8-13)11-2-3-11)9-10-4-6-14-7-5-10/h4-7,11-12H,2-3,8-9,13H2,1H3. The van der Waals surface area contributed by atoms with Crippen LogP contribution in [0, 0.1) is 5.92 Å². The van der Waals surface area contributed by atoms with Crippen molar-refractivity contribution in [2.24, 2.45) is 11.7 Å². The fraction of sp³-hybridized carbons (Fsp3) is 0.583. The molecule has 2 N–H and O–H groups in total. The quantitative estimate of drug-likeness (QED) is 0.786. The maximum Gasteiger partial charge on any atom is 0.0271 e. The highest BCUT2D eigenvalue weighted by atomic mass is 15.1. The van der Waals surface area contributed by atoms with Gasteiger partial charge in [-0.1, -0.05) is 0 Å². The number of hydrogen-bond acceptors (Lipinski definition) is 3. The van der Waals surface area contributed by atoms with E-state index in [0.29, 0.717) is 6.04 Å². The van der Waals surface area contributed by atoms with Crippen molar-refractivity contribution in [3.63, 3.8) is 0 Å². The van der Waals surface area contributed by atoms with E-state index in [0.717, 1.165) is 19.0 Å². The molecule has 1 unspecified atom stereocenters. The van der Waals surface area contributed by atoms with Gasteiger partial charge in [-0.25, -0.2) is 0 Å². The van der Waals surface area contributed by atoms with Gasteiger partial charge < -0.3 is 5.73 Å². The molecule has 1 aliphatic rings. The minimum Gasteiger partial charge on any atom is -0.329 e. The summed E-state index contributed by atoms with van der Waals surface area (Å²) in [6.07, 6.45) is 6.39. The van der Waals surface area contributed by atoms with Crippen LogP contribution in [0.1, 0.15) is 18.4 Å². The molecule has 3 heteroatoms. The van der Waals surface area contributed by atoms with Gasteiger partial charge in [0.2, 0.25) is 0 Å². The average molecular weight is 205 g/mol. The highest BCUT2D eigenvalue weighted by molar-refractivity contribution is 5.09. The molecule has 2 rings (SSSR count). The predicted molar refractivity (Wildman–Crippen MR) is 61.3 cm³/mol. The average Bonchev–Trinajstić information content (AvgIpc) is 3.04. The van der Waals surface area contributed by atoms with Crippen molar-refractivity contribution in [1.29, 1.82) is 0 Å². The maximum atomic E-state index is 5.81. The van der Waals surface area contributed by atoms with Crippen LogP contribution >= 0.6 is 0 Å². The third-order valence-corrected chi connectivity index (χ3v) is 3.16. The second-order valence-corrected chi connectivity index (χ2v) is 4.41. The lowest BCUT2D eigenvalue weighted by Gasteiger charge is -2.26. The summed E-state index contributed by atoms with van der Waals surface area (Å²) in [5.74, 6) is 0.835. The number of rotatable bonds is 5. The van der Waals surface area contributed by atoms with Crippen molar-refractivity contribution < 1.29 is 0 Å². The molecule has 0 radical (unpaired) electrons. The molecule has 1 aromatic heterocycles. The smallest absolute Gasteiger partial charge is 0.0271 e. The molecule has 82 valence electrons. The van der Waals surface area contributed by atoms with Crippen LogP contribution in [0.25, 0.3) is 0 Å². The summed E-state index contributed by atoms with van der Waals surface area (Å²) < 4.78 is 0. The van der Waals surface area contributed by atoms with Crippen molar-refractivity contribution in [3.05, 3.63) is 30.1 Å². The molecule has 1 heterocycles. The van der Waals surface area contributed by atoms with Crippen LogP contribution in [0.3, 0.4) is 0 Å². The third-order valence-electron chi connectivity index (χ3n) is 3.16. The van der Waals surface area contributed by atoms with E-state index in [1.54, 1.807) is 0 Å². The van der Waals surface area contributed by atoms with E-state index in [9.17, 15) is 0 Å². The highest BCUT2D eigenvalue weighted by Crippen LogP contribution is 2.34. The lowest BCUT2D eigenvalue weighted by molar-refractivity contribution is 0.215. The Morgan fingerprint density at radius 1 is 1.47 bits per heavy atom. The van der Waals surface area contributed by atoms with Crippen molar-refractivity contribution in [1.82, 2.24) is 9.88 Å². The topological polar surface area (TPSA) is 42.2 Å². The van der Waals surface area contributed by atoms with Crippen LogP contribution in [-0.2, 0) is 6.54 Å². The third kappa shape index (κ3) is 2.76. The second kappa shape index (κ2) is 4.73. The fourth-order valence-electron chi connectivity index (χ4n) is 2.11. The first-order valence-electron chi connectivity index (χ1n) is 5.60. The Labute approximate surface area is 91.3 Å². The van der Waals surface area contributed by atoms with Gasteiger partial charge in [-0.2, -0.15) is 0 Å². The van der Waals surface area contributed by atoms with Crippen molar-refractivity contribution >= 4 is 0 Å². The van der Waals surface area contributed by atoms with E-state index in [1.165, 1.54) is 18.4 Å². The molecule has 1 aromatic rings. The first kappa shape index (κ1) is 10.6. The normalized spacial score (nSPS) is 18.1. The largest absolute Gasteiger partial charge is 0.329 e. The highest BCUT2D eigenvalue weighted by Gasteiger charge is 2.32. The lowest BCUT2D eigenvalue weighted by atomic mass is 10.1. The molecule has 3 nitrogen and oxygen atoms in total. The molecule has 0 saturated heterocycles. The summed E-state index contributed by atoms with van der Waals surface area (Å²) in [6.45, 7) is 1.74. The molecular formula is C12H19N3. The summed E-state index contributed by atoms with van der Waals surface area (Å²) in [6, 6.07) is 4.69. The first-order chi connectivity index (χ1) is 7.31. The van der Waals surface area contributed by atoms with Crippen LogP contribution in [0.5, 0.6) is 0 Å². The molecule has 15 heavy (non-hydrogen) atoms. The first-order valence-corrected chi connectivity index (χ1v) is 5.60. The molecule has 0 aromatic carbocycles. The summed E-state index contributed by atoms with van der Waals surface area (Å²) in [5, 5.41) is 0. The van der Waals surface area contributed by atoms with E-state index < -0.39 is 0 Å². The van der Waals surface area contributed by atoms with Gasteiger partial charge >= 0.3 is 0 Å². The van der Waals surface area contributed by atoms with Gasteiger partial charge in [0.25, 0.3) is 0 Å². The Morgan fingerprint density at radius 3 is 2.67 bits per heavy atom. The van der Waals surface area contributed by atoms with Crippen LogP contribution < -0.4 is 5.73 Å². The molecule has 1 aliphatic carbocycles.